The number of aromatic nitrogens is 3. The van der Waals surface area contributed by atoms with Gasteiger partial charge in [-0.1, -0.05) is 23.4 Å². The smallest absolute Gasteiger partial charge is 0.336 e. The maximum Gasteiger partial charge on any atom is 0.336 e. The molecule has 0 saturated heterocycles. The number of rotatable bonds is 4. The van der Waals surface area contributed by atoms with Crippen LogP contribution in [0, 0.1) is 0 Å². The Morgan fingerprint density at radius 1 is 1.15 bits per heavy atom. The van der Waals surface area contributed by atoms with Crippen LogP contribution in [-0.4, -0.2) is 19.9 Å². The largest absolute Gasteiger partial charge is 0.508 e. The molecule has 0 aliphatic heterocycles. The summed E-state index contributed by atoms with van der Waals surface area (Å²) < 4.78 is 7.06. The van der Waals surface area contributed by atoms with E-state index in [1.807, 2.05) is 35.9 Å². The van der Waals surface area contributed by atoms with Gasteiger partial charge in [0.25, 0.3) is 0 Å². The van der Waals surface area contributed by atoms with Crippen molar-refractivity contribution >= 4 is 34.3 Å². The third kappa shape index (κ3) is 3.56. The van der Waals surface area contributed by atoms with E-state index < -0.39 is 5.63 Å². The molecule has 1 N–H and O–H groups in total. The van der Waals surface area contributed by atoms with Gasteiger partial charge in [-0.2, -0.15) is 0 Å². The molecule has 2 heterocycles. The van der Waals surface area contributed by atoms with Crippen molar-refractivity contribution in [2.45, 2.75) is 10.9 Å². The van der Waals surface area contributed by atoms with E-state index in [9.17, 15) is 9.90 Å². The number of benzene rings is 2. The number of aromatic hydroxyl groups is 1. The first kappa shape index (κ1) is 17.6. The summed E-state index contributed by atoms with van der Waals surface area (Å²) in [5, 5.41) is 20.3. The molecule has 8 heteroatoms. The van der Waals surface area contributed by atoms with Crippen molar-refractivity contribution < 1.29 is 9.52 Å². The molecule has 0 atom stereocenters. The van der Waals surface area contributed by atoms with E-state index in [1.165, 1.54) is 23.9 Å². The van der Waals surface area contributed by atoms with E-state index >= 15 is 0 Å². The van der Waals surface area contributed by atoms with Gasteiger partial charge >= 0.3 is 5.63 Å². The topological polar surface area (TPSA) is 81.2 Å². The lowest BCUT2D eigenvalue weighted by Crippen LogP contribution is -2.00. The molecular weight excluding hydrogens is 386 g/mol. The summed E-state index contributed by atoms with van der Waals surface area (Å²) in [6.07, 6.45) is 0. The molecule has 2 aromatic heterocycles. The third-order valence-electron chi connectivity index (χ3n) is 4.11. The van der Waals surface area contributed by atoms with Crippen molar-refractivity contribution in [1.29, 1.82) is 0 Å². The minimum Gasteiger partial charge on any atom is -0.508 e. The first-order valence-corrected chi connectivity index (χ1v) is 9.41. The minimum atomic E-state index is -0.455. The van der Waals surface area contributed by atoms with Crippen LogP contribution in [0.4, 0.5) is 0 Å². The zero-order chi connectivity index (χ0) is 19.0. The third-order valence-corrected chi connectivity index (χ3v) is 5.43. The average molecular weight is 400 g/mol. The number of hydrogen-bond acceptors (Lipinski definition) is 6. The Kier molecular flexibility index (Phi) is 4.63. The summed E-state index contributed by atoms with van der Waals surface area (Å²) in [5.74, 6) is 1.30. The van der Waals surface area contributed by atoms with Crippen molar-refractivity contribution in [2.75, 3.05) is 0 Å². The zero-order valence-corrected chi connectivity index (χ0v) is 15.8. The SMILES string of the molecule is Cn1c(SCc2cc(=O)oc3cc(O)ccc23)nnc1-c1ccc(Cl)cc1. The maximum absolute atomic E-state index is 11.8. The van der Waals surface area contributed by atoms with Crippen LogP contribution in [-0.2, 0) is 12.8 Å². The summed E-state index contributed by atoms with van der Waals surface area (Å²) in [7, 11) is 1.89. The molecule has 0 radical (unpaired) electrons. The fourth-order valence-electron chi connectivity index (χ4n) is 2.77. The van der Waals surface area contributed by atoms with Gasteiger partial charge < -0.3 is 14.1 Å². The Bertz CT molecular complexity index is 1190. The molecule has 0 aliphatic rings. The average Bonchev–Trinajstić information content (AvgIpc) is 3.00. The highest BCUT2D eigenvalue weighted by molar-refractivity contribution is 7.98. The van der Waals surface area contributed by atoms with Gasteiger partial charge in [0, 0.05) is 40.9 Å². The summed E-state index contributed by atoms with van der Waals surface area (Å²) in [6, 6.07) is 13.6. The van der Waals surface area contributed by atoms with E-state index in [1.54, 1.807) is 12.1 Å². The van der Waals surface area contributed by atoms with E-state index in [-0.39, 0.29) is 5.75 Å². The summed E-state index contributed by atoms with van der Waals surface area (Å²) in [4.78, 5) is 11.8. The number of nitrogens with zero attached hydrogens (tertiary/aromatic N) is 3. The molecule has 6 nitrogen and oxygen atoms in total. The molecule has 0 fully saturated rings. The molecule has 27 heavy (non-hydrogen) atoms. The lowest BCUT2D eigenvalue weighted by molar-refractivity contribution is 0.473. The molecule has 2 aromatic carbocycles. The van der Waals surface area contributed by atoms with Crippen LogP contribution >= 0.6 is 23.4 Å². The van der Waals surface area contributed by atoms with Gasteiger partial charge in [-0.15, -0.1) is 10.2 Å². The molecular formula is C19H14ClN3O3S. The van der Waals surface area contributed by atoms with Crippen LogP contribution in [0.1, 0.15) is 5.56 Å². The van der Waals surface area contributed by atoms with Crippen LogP contribution in [0.15, 0.2) is 62.9 Å². The predicted octanol–water partition coefficient (Wildman–Crippen LogP) is 4.24. The Hall–Kier alpha value is -2.77. The highest BCUT2D eigenvalue weighted by atomic mass is 35.5. The molecule has 4 aromatic rings. The van der Waals surface area contributed by atoms with Crippen molar-refractivity contribution in [2.24, 2.45) is 7.05 Å². The predicted molar refractivity (Wildman–Crippen MR) is 105 cm³/mol. The molecule has 0 unspecified atom stereocenters. The minimum absolute atomic E-state index is 0.0522. The van der Waals surface area contributed by atoms with E-state index in [0.29, 0.717) is 16.4 Å². The second kappa shape index (κ2) is 7.09. The lowest BCUT2D eigenvalue weighted by Gasteiger charge is -2.06. The first-order valence-electron chi connectivity index (χ1n) is 8.05. The van der Waals surface area contributed by atoms with Crippen LogP contribution in [0.25, 0.3) is 22.4 Å². The van der Waals surface area contributed by atoms with Crippen molar-refractivity contribution in [1.82, 2.24) is 14.8 Å². The van der Waals surface area contributed by atoms with Crippen molar-refractivity contribution in [3.63, 3.8) is 0 Å². The van der Waals surface area contributed by atoms with Gasteiger partial charge in [-0.3, -0.25) is 0 Å². The highest BCUT2D eigenvalue weighted by Gasteiger charge is 2.13. The Morgan fingerprint density at radius 2 is 1.93 bits per heavy atom. The maximum atomic E-state index is 11.8. The molecule has 0 spiro atoms. The fourth-order valence-corrected chi connectivity index (χ4v) is 3.80. The molecule has 0 amide bonds. The number of phenolic OH excluding ortho intramolecular Hbond substituents is 1. The van der Waals surface area contributed by atoms with Crippen LogP contribution in [0.2, 0.25) is 5.02 Å². The highest BCUT2D eigenvalue weighted by Crippen LogP contribution is 2.29. The fraction of sp³-hybridized carbons (Fsp3) is 0.105. The van der Waals surface area contributed by atoms with Gasteiger partial charge in [0.1, 0.15) is 11.3 Å². The van der Waals surface area contributed by atoms with Gasteiger partial charge in [-0.25, -0.2) is 4.79 Å². The van der Waals surface area contributed by atoms with Crippen molar-refractivity contribution in [3.05, 3.63) is 69.5 Å². The number of thioether (sulfide) groups is 1. The summed E-state index contributed by atoms with van der Waals surface area (Å²) in [5.41, 5.74) is 1.63. The van der Waals surface area contributed by atoms with Crippen molar-refractivity contribution in [3.8, 4) is 17.1 Å². The lowest BCUT2D eigenvalue weighted by atomic mass is 10.1. The summed E-state index contributed by atoms with van der Waals surface area (Å²) >= 11 is 7.40. The summed E-state index contributed by atoms with van der Waals surface area (Å²) in [6.45, 7) is 0. The number of hydrogen-bond donors (Lipinski definition) is 1. The van der Waals surface area contributed by atoms with E-state index in [2.05, 4.69) is 10.2 Å². The van der Waals surface area contributed by atoms with Crippen LogP contribution < -0.4 is 5.63 Å². The second-order valence-corrected chi connectivity index (χ2v) is 7.31. The Balaban J connectivity index is 1.62. The molecule has 4 rings (SSSR count). The monoisotopic (exact) mass is 399 g/mol. The molecule has 136 valence electrons. The Labute approximate surface area is 163 Å². The van der Waals surface area contributed by atoms with Crippen LogP contribution in [0.3, 0.4) is 0 Å². The van der Waals surface area contributed by atoms with Gasteiger partial charge in [0.05, 0.1) is 0 Å². The normalized spacial score (nSPS) is 11.2. The quantitative estimate of drug-likeness (QED) is 0.408. The first-order chi connectivity index (χ1) is 13.0. The van der Waals surface area contributed by atoms with E-state index in [4.69, 9.17) is 16.0 Å². The standard InChI is InChI=1S/C19H14ClN3O3S/c1-23-18(11-2-4-13(20)5-3-11)21-22-19(23)27-10-12-8-17(25)26-16-9-14(24)6-7-15(12)16/h2-9,24H,10H2,1H3. The van der Waals surface area contributed by atoms with Gasteiger partial charge in [0.15, 0.2) is 11.0 Å². The van der Waals surface area contributed by atoms with Crippen LogP contribution in [0.5, 0.6) is 5.75 Å². The zero-order valence-electron chi connectivity index (χ0n) is 14.2. The molecule has 0 bridgehead atoms. The molecule has 0 saturated carbocycles. The van der Waals surface area contributed by atoms with Gasteiger partial charge in [0.2, 0.25) is 0 Å². The number of phenols is 1. The molecule has 0 aliphatic carbocycles. The van der Waals surface area contributed by atoms with E-state index in [0.717, 1.165) is 27.5 Å². The van der Waals surface area contributed by atoms with Gasteiger partial charge in [-0.05, 0) is 42.0 Å². The second-order valence-electron chi connectivity index (χ2n) is 5.93. The number of halogens is 1. The Morgan fingerprint density at radius 3 is 2.70 bits per heavy atom. The number of fused-ring (bicyclic) bond motifs is 1.